The molecule has 0 amide bonds. The molecule has 0 aliphatic heterocycles. The number of hydrogen-bond acceptors (Lipinski definition) is 3. The second-order valence-electron chi connectivity index (χ2n) is 5.16. The van der Waals surface area contributed by atoms with Crippen molar-refractivity contribution in [3.63, 3.8) is 0 Å². The Morgan fingerprint density at radius 2 is 1.95 bits per heavy atom. The first-order valence-electron chi connectivity index (χ1n) is 6.94. The fourth-order valence-electron chi connectivity index (χ4n) is 2.46. The standard InChI is InChI=1S/C18H16N2O/c1-12-6-5-8-16(15(12)11-19)20-13(2)18-10-14-7-3-4-9-17(14)21-18/h3-10,13,20H,1-2H3. The highest BCUT2D eigenvalue weighted by Gasteiger charge is 2.13. The van der Waals surface area contributed by atoms with Crippen LogP contribution in [-0.2, 0) is 0 Å². The van der Waals surface area contributed by atoms with Crippen LogP contribution < -0.4 is 5.32 Å². The first kappa shape index (κ1) is 13.3. The summed E-state index contributed by atoms with van der Waals surface area (Å²) in [6.07, 6.45) is 0. The number of fused-ring (bicyclic) bond motifs is 1. The van der Waals surface area contributed by atoms with Crippen molar-refractivity contribution < 1.29 is 4.42 Å². The third kappa shape index (κ3) is 2.48. The maximum atomic E-state index is 9.28. The van der Waals surface area contributed by atoms with Gasteiger partial charge in [0.15, 0.2) is 0 Å². The third-order valence-corrected chi connectivity index (χ3v) is 3.63. The molecule has 3 nitrogen and oxygen atoms in total. The molecule has 1 N–H and O–H groups in total. The Bertz CT molecular complexity index is 794. The van der Waals surface area contributed by atoms with Crippen molar-refractivity contribution in [1.29, 1.82) is 5.26 Å². The first-order chi connectivity index (χ1) is 10.2. The number of nitriles is 1. The smallest absolute Gasteiger partial charge is 0.134 e. The van der Waals surface area contributed by atoms with Gasteiger partial charge in [-0.05, 0) is 37.6 Å². The molecule has 0 radical (unpaired) electrons. The minimum Gasteiger partial charge on any atom is -0.459 e. The molecule has 0 spiro atoms. The molecule has 0 saturated heterocycles. The van der Waals surface area contributed by atoms with Gasteiger partial charge in [0.2, 0.25) is 0 Å². The van der Waals surface area contributed by atoms with Crippen LogP contribution in [0.4, 0.5) is 5.69 Å². The Morgan fingerprint density at radius 3 is 2.71 bits per heavy atom. The van der Waals surface area contributed by atoms with Gasteiger partial charge in [0.05, 0.1) is 17.3 Å². The molecule has 1 heterocycles. The van der Waals surface area contributed by atoms with E-state index in [-0.39, 0.29) is 6.04 Å². The number of hydrogen-bond donors (Lipinski definition) is 1. The van der Waals surface area contributed by atoms with Gasteiger partial charge in [-0.1, -0.05) is 30.3 Å². The van der Waals surface area contributed by atoms with E-state index in [1.54, 1.807) is 0 Å². The van der Waals surface area contributed by atoms with Crippen molar-refractivity contribution in [2.45, 2.75) is 19.9 Å². The lowest BCUT2D eigenvalue weighted by molar-refractivity contribution is 0.526. The molecule has 104 valence electrons. The molecule has 3 rings (SSSR count). The Hall–Kier alpha value is -2.73. The van der Waals surface area contributed by atoms with E-state index in [1.807, 2.05) is 62.4 Å². The summed E-state index contributed by atoms with van der Waals surface area (Å²) in [5, 5.41) is 13.7. The summed E-state index contributed by atoms with van der Waals surface area (Å²) < 4.78 is 5.86. The number of rotatable bonds is 3. The highest BCUT2D eigenvalue weighted by molar-refractivity contribution is 5.78. The normalized spacial score (nSPS) is 12.0. The van der Waals surface area contributed by atoms with Gasteiger partial charge in [0.1, 0.15) is 17.4 Å². The first-order valence-corrected chi connectivity index (χ1v) is 6.94. The summed E-state index contributed by atoms with van der Waals surface area (Å²) >= 11 is 0. The summed E-state index contributed by atoms with van der Waals surface area (Å²) in [5.74, 6) is 0.863. The van der Waals surface area contributed by atoms with Crippen molar-refractivity contribution >= 4 is 16.7 Å². The number of anilines is 1. The molecule has 0 saturated carbocycles. The number of benzene rings is 2. The zero-order valence-electron chi connectivity index (χ0n) is 12.1. The Labute approximate surface area is 123 Å². The summed E-state index contributed by atoms with van der Waals surface area (Å²) in [5.41, 5.74) is 3.37. The topological polar surface area (TPSA) is 49.0 Å². The van der Waals surface area contributed by atoms with Crippen LogP contribution in [0.25, 0.3) is 11.0 Å². The molecule has 1 aromatic heterocycles. The molecule has 0 aliphatic rings. The van der Waals surface area contributed by atoms with Crippen molar-refractivity contribution in [2.75, 3.05) is 5.32 Å². The number of nitrogens with zero attached hydrogens (tertiary/aromatic N) is 1. The predicted octanol–water partition coefficient (Wildman–Crippen LogP) is 4.79. The molecule has 1 atom stereocenters. The lowest BCUT2D eigenvalue weighted by atomic mass is 10.1. The van der Waals surface area contributed by atoms with Crippen LogP contribution in [0.3, 0.4) is 0 Å². The molecule has 2 aromatic carbocycles. The summed E-state index contributed by atoms with van der Waals surface area (Å²) in [4.78, 5) is 0. The second-order valence-corrected chi connectivity index (χ2v) is 5.16. The zero-order chi connectivity index (χ0) is 14.8. The fourth-order valence-corrected chi connectivity index (χ4v) is 2.46. The van der Waals surface area contributed by atoms with Crippen LogP contribution in [0.2, 0.25) is 0 Å². The maximum absolute atomic E-state index is 9.28. The van der Waals surface area contributed by atoms with E-state index in [9.17, 15) is 5.26 Å². The maximum Gasteiger partial charge on any atom is 0.134 e. The van der Waals surface area contributed by atoms with Crippen LogP contribution in [0.15, 0.2) is 52.9 Å². The van der Waals surface area contributed by atoms with Crippen molar-refractivity contribution in [2.24, 2.45) is 0 Å². The summed E-state index contributed by atoms with van der Waals surface area (Å²) in [6.45, 7) is 3.97. The van der Waals surface area contributed by atoms with Crippen LogP contribution >= 0.6 is 0 Å². The van der Waals surface area contributed by atoms with E-state index < -0.39 is 0 Å². The monoisotopic (exact) mass is 276 g/mol. The highest BCUT2D eigenvalue weighted by Crippen LogP contribution is 2.28. The molecule has 21 heavy (non-hydrogen) atoms. The van der Waals surface area contributed by atoms with Gasteiger partial charge in [0, 0.05) is 5.39 Å². The highest BCUT2D eigenvalue weighted by atomic mass is 16.3. The molecular weight excluding hydrogens is 260 g/mol. The fraction of sp³-hybridized carbons (Fsp3) is 0.167. The number of nitrogens with one attached hydrogen (secondary N) is 1. The van der Waals surface area contributed by atoms with E-state index in [0.717, 1.165) is 28.0 Å². The molecule has 0 bridgehead atoms. The molecule has 0 aliphatic carbocycles. The molecule has 3 aromatic rings. The molecular formula is C18H16N2O. The second kappa shape index (κ2) is 5.34. The van der Waals surface area contributed by atoms with Crippen molar-refractivity contribution in [3.05, 3.63) is 65.4 Å². The van der Waals surface area contributed by atoms with Gasteiger partial charge in [-0.2, -0.15) is 5.26 Å². The zero-order valence-corrected chi connectivity index (χ0v) is 12.1. The predicted molar refractivity (Wildman–Crippen MR) is 84.1 cm³/mol. The quantitative estimate of drug-likeness (QED) is 0.748. The summed E-state index contributed by atoms with van der Waals surface area (Å²) in [7, 11) is 0. The van der Waals surface area contributed by atoms with E-state index in [2.05, 4.69) is 11.4 Å². The van der Waals surface area contributed by atoms with Gasteiger partial charge >= 0.3 is 0 Å². The van der Waals surface area contributed by atoms with Crippen molar-refractivity contribution in [3.8, 4) is 6.07 Å². The van der Waals surface area contributed by atoms with Gasteiger partial charge in [-0.15, -0.1) is 0 Å². The largest absolute Gasteiger partial charge is 0.459 e. The number of furan rings is 1. The van der Waals surface area contributed by atoms with E-state index in [1.165, 1.54) is 0 Å². The average Bonchev–Trinajstić information content (AvgIpc) is 2.91. The lowest BCUT2D eigenvalue weighted by Crippen LogP contribution is -2.07. The summed E-state index contributed by atoms with van der Waals surface area (Å²) in [6, 6.07) is 18.0. The molecule has 1 unspecified atom stereocenters. The van der Waals surface area contributed by atoms with Gasteiger partial charge in [-0.25, -0.2) is 0 Å². The van der Waals surface area contributed by atoms with E-state index in [4.69, 9.17) is 4.42 Å². The minimum absolute atomic E-state index is 0.00806. The Kier molecular flexibility index (Phi) is 3.37. The van der Waals surface area contributed by atoms with Crippen LogP contribution in [0, 0.1) is 18.3 Å². The molecule has 3 heteroatoms. The van der Waals surface area contributed by atoms with Gasteiger partial charge < -0.3 is 9.73 Å². The third-order valence-electron chi connectivity index (χ3n) is 3.63. The SMILES string of the molecule is Cc1cccc(NC(C)c2cc3ccccc3o2)c1C#N. The van der Waals surface area contributed by atoms with E-state index in [0.29, 0.717) is 5.56 Å². The van der Waals surface area contributed by atoms with Crippen LogP contribution in [0.5, 0.6) is 0 Å². The van der Waals surface area contributed by atoms with Crippen molar-refractivity contribution in [1.82, 2.24) is 0 Å². The van der Waals surface area contributed by atoms with Crippen LogP contribution in [0.1, 0.15) is 29.9 Å². The van der Waals surface area contributed by atoms with Gasteiger partial charge in [-0.3, -0.25) is 0 Å². The molecule has 0 fully saturated rings. The average molecular weight is 276 g/mol. The number of para-hydroxylation sites is 1. The van der Waals surface area contributed by atoms with Crippen LogP contribution in [-0.4, -0.2) is 0 Å². The lowest BCUT2D eigenvalue weighted by Gasteiger charge is -2.15. The Morgan fingerprint density at radius 1 is 1.14 bits per heavy atom. The Balaban J connectivity index is 1.91. The van der Waals surface area contributed by atoms with Gasteiger partial charge in [0.25, 0.3) is 0 Å². The minimum atomic E-state index is -0.00806. The number of aryl methyl sites for hydroxylation is 1. The van der Waals surface area contributed by atoms with E-state index >= 15 is 0 Å².